The third-order valence-corrected chi connectivity index (χ3v) is 3.24. The second-order valence-electron chi connectivity index (χ2n) is 6.33. The van der Waals surface area contributed by atoms with Crippen LogP contribution in [0, 0.1) is 5.92 Å². The van der Waals surface area contributed by atoms with E-state index in [2.05, 4.69) is 35.0 Å². The molecule has 1 nitrogen and oxygen atoms in total. The summed E-state index contributed by atoms with van der Waals surface area (Å²) in [5, 5.41) is 0. The molecule has 1 unspecified atom stereocenters. The van der Waals surface area contributed by atoms with Gasteiger partial charge in [-0.1, -0.05) is 52.4 Å². The molecule has 0 saturated heterocycles. The zero-order valence-electron chi connectivity index (χ0n) is 12.8. The highest BCUT2D eigenvalue weighted by atomic mass is 35.5. The largest absolute Gasteiger partial charge is 1.00 e. The van der Waals surface area contributed by atoms with Crippen LogP contribution in [0.1, 0.15) is 65.2 Å². The lowest BCUT2D eigenvalue weighted by atomic mass is 9.94. The summed E-state index contributed by atoms with van der Waals surface area (Å²) in [6.45, 7) is 5.95. The predicted octanol–water partition coefficient (Wildman–Crippen LogP) is 1.47. The summed E-state index contributed by atoms with van der Waals surface area (Å²) in [6.07, 6.45) is 11.3. The Morgan fingerprint density at radius 1 is 0.765 bits per heavy atom. The number of rotatable bonds is 10. The normalized spacial score (nSPS) is 13.2. The predicted molar refractivity (Wildman–Crippen MR) is 74.7 cm³/mol. The van der Waals surface area contributed by atoms with Crippen LogP contribution in [0.15, 0.2) is 0 Å². The molecule has 0 bridgehead atoms. The maximum absolute atomic E-state index is 2.32. The Bertz CT molecular complexity index is 151. The van der Waals surface area contributed by atoms with Crippen molar-refractivity contribution in [2.45, 2.75) is 65.2 Å². The van der Waals surface area contributed by atoms with Gasteiger partial charge in [0, 0.05) is 5.92 Å². The molecule has 106 valence electrons. The summed E-state index contributed by atoms with van der Waals surface area (Å²) in [7, 11) is 6.97. The van der Waals surface area contributed by atoms with E-state index in [0.29, 0.717) is 0 Å². The standard InChI is InChI=1S/C15H34N.ClH/c1-6-8-10-11-13-15(12-9-7-2)14-16(3,4)5;/h15H,6-14H2,1-5H3;1H/q+1;/p-1. The van der Waals surface area contributed by atoms with Gasteiger partial charge in [0.15, 0.2) is 0 Å². The number of hydrogen-bond acceptors (Lipinski definition) is 0. The van der Waals surface area contributed by atoms with Crippen LogP contribution in [0.3, 0.4) is 0 Å². The lowest BCUT2D eigenvalue weighted by Crippen LogP contribution is -3.00. The van der Waals surface area contributed by atoms with Crippen molar-refractivity contribution in [1.29, 1.82) is 0 Å². The summed E-state index contributed by atoms with van der Waals surface area (Å²) in [5.41, 5.74) is 0. The third-order valence-electron chi connectivity index (χ3n) is 3.24. The molecule has 0 aromatic rings. The Morgan fingerprint density at radius 2 is 1.29 bits per heavy atom. The second-order valence-corrected chi connectivity index (χ2v) is 6.33. The lowest BCUT2D eigenvalue weighted by Gasteiger charge is -2.29. The first-order chi connectivity index (χ1) is 7.49. The van der Waals surface area contributed by atoms with Crippen molar-refractivity contribution in [3.8, 4) is 0 Å². The van der Waals surface area contributed by atoms with E-state index in [1.54, 1.807) is 0 Å². The summed E-state index contributed by atoms with van der Waals surface area (Å²) in [6, 6.07) is 0. The molecule has 0 radical (unpaired) electrons. The van der Waals surface area contributed by atoms with Gasteiger partial charge in [0.25, 0.3) is 0 Å². The maximum atomic E-state index is 2.32. The fraction of sp³-hybridized carbons (Fsp3) is 1.00. The van der Waals surface area contributed by atoms with E-state index in [4.69, 9.17) is 0 Å². The van der Waals surface area contributed by atoms with Crippen molar-refractivity contribution in [3.63, 3.8) is 0 Å². The minimum atomic E-state index is 0. The molecule has 0 aliphatic heterocycles. The SMILES string of the molecule is CCCCCCC(CCCC)C[N+](C)(C)C.[Cl-]. The van der Waals surface area contributed by atoms with Crippen molar-refractivity contribution in [3.05, 3.63) is 0 Å². The Balaban J connectivity index is 0. The molecule has 0 rings (SSSR count). The van der Waals surface area contributed by atoms with Crippen molar-refractivity contribution in [1.82, 2.24) is 0 Å². The van der Waals surface area contributed by atoms with Crippen molar-refractivity contribution in [2.24, 2.45) is 5.92 Å². The Kier molecular flexibility index (Phi) is 13.1. The molecule has 0 N–H and O–H groups in total. The van der Waals surface area contributed by atoms with Gasteiger partial charge in [-0.2, -0.15) is 0 Å². The maximum Gasteiger partial charge on any atom is 0.0809 e. The van der Waals surface area contributed by atoms with Crippen LogP contribution < -0.4 is 12.4 Å². The molecule has 0 amide bonds. The topological polar surface area (TPSA) is 0 Å². The van der Waals surface area contributed by atoms with Crippen LogP contribution in [-0.4, -0.2) is 32.2 Å². The van der Waals surface area contributed by atoms with E-state index < -0.39 is 0 Å². The number of quaternary nitrogens is 1. The average molecular weight is 264 g/mol. The molecule has 0 fully saturated rings. The molecule has 0 saturated carbocycles. The van der Waals surface area contributed by atoms with E-state index in [0.717, 1.165) is 10.4 Å². The first kappa shape index (κ1) is 19.6. The zero-order valence-corrected chi connectivity index (χ0v) is 13.5. The van der Waals surface area contributed by atoms with Crippen LogP contribution in [0.4, 0.5) is 0 Å². The van der Waals surface area contributed by atoms with Crippen LogP contribution in [0.25, 0.3) is 0 Å². The quantitative estimate of drug-likeness (QED) is 0.414. The van der Waals surface area contributed by atoms with Gasteiger partial charge in [0.1, 0.15) is 0 Å². The Hall–Kier alpha value is 0.250. The molecule has 17 heavy (non-hydrogen) atoms. The van der Waals surface area contributed by atoms with Gasteiger partial charge in [-0.25, -0.2) is 0 Å². The van der Waals surface area contributed by atoms with Gasteiger partial charge in [-0.05, 0) is 12.8 Å². The average Bonchev–Trinajstić information content (AvgIpc) is 2.18. The smallest absolute Gasteiger partial charge is 0.0809 e. The Labute approximate surface area is 116 Å². The van der Waals surface area contributed by atoms with Gasteiger partial charge >= 0.3 is 0 Å². The monoisotopic (exact) mass is 263 g/mol. The fourth-order valence-corrected chi connectivity index (χ4v) is 2.45. The number of unbranched alkanes of at least 4 members (excludes halogenated alkanes) is 4. The summed E-state index contributed by atoms with van der Waals surface area (Å²) >= 11 is 0. The van der Waals surface area contributed by atoms with Gasteiger partial charge in [-0.15, -0.1) is 0 Å². The molecular formula is C15H34ClN. The van der Waals surface area contributed by atoms with E-state index in [1.807, 2.05) is 0 Å². The molecular weight excluding hydrogens is 230 g/mol. The van der Waals surface area contributed by atoms with Crippen molar-refractivity contribution < 1.29 is 16.9 Å². The molecule has 1 atom stereocenters. The first-order valence-electron chi connectivity index (χ1n) is 7.30. The molecule has 0 aliphatic carbocycles. The van der Waals surface area contributed by atoms with E-state index >= 15 is 0 Å². The number of hydrogen-bond donors (Lipinski definition) is 0. The minimum absolute atomic E-state index is 0. The number of nitrogens with zero attached hydrogens (tertiary/aromatic N) is 1. The summed E-state index contributed by atoms with van der Waals surface area (Å²) < 4.78 is 1.13. The molecule has 0 aromatic heterocycles. The first-order valence-corrected chi connectivity index (χ1v) is 7.30. The highest BCUT2D eigenvalue weighted by Gasteiger charge is 2.17. The van der Waals surface area contributed by atoms with Crippen LogP contribution in [-0.2, 0) is 0 Å². The van der Waals surface area contributed by atoms with Gasteiger partial charge in [0.05, 0.1) is 27.7 Å². The van der Waals surface area contributed by atoms with Gasteiger partial charge in [-0.3, -0.25) is 0 Å². The van der Waals surface area contributed by atoms with Gasteiger partial charge in [0.2, 0.25) is 0 Å². The molecule has 0 heterocycles. The van der Waals surface area contributed by atoms with Crippen LogP contribution >= 0.6 is 0 Å². The fourth-order valence-electron chi connectivity index (χ4n) is 2.45. The van der Waals surface area contributed by atoms with E-state index in [9.17, 15) is 0 Å². The lowest BCUT2D eigenvalue weighted by molar-refractivity contribution is -0.874. The zero-order chi connectivity index (χ0) is 12.4. The van der Waals surface area contributed by atoms with E-state index in [1.165, 1.54) is 57.9 Å². The van der Waals surface area contributed by atoms with Crippen molar-refractivity contribution >= 4 is 0 Å². The third kappa shape index (κ3) is 14.2. The minimum Gasteiger partial charge on any atom is -1.00 e. The second kappa shape index (κ2) is 11.3. The molecule has 2 heteroatoms. The molecule has 0 spiro atoms. The van der Waals surface area contributed by atoms with Crippen LogP contribution in [0.5, 0.6) is 0 Å². The number of halogens is 1. The highest BCUT2D eigenvalue weighted by Crippen LogP contribution is 2.19. The summed E-state index contributed by atoms with van der Waals surface area (Å²) in [5.74, 6) is 0.955. The summed E-state index contributed by atoms with van der Waals surface area (Å²) in [4.78, 5) is 0. The molecule has 0 aliphatic rings. The highest BCUT2D eigenvalue weighted by molar-refractivity contribution is 4.59. The van der Waals surface area contributed by atoms with E-state index in [-0.39, 0.29) is 12.4 Å². The van der Waals surface area contributed by atoms with Crippen LogP contribution in [0.2, 0.25) is 0 Å². The Morgan fingerprint density at radius 3 is 1.76 bits per heavy atom. The van der Waals surface area contributed by atoms with Crippen molar-refractivity contribution in [2.75, 3.05) is 27.7 Å². The van der Waals surface area contributed by atoms with Gasteiger partial charge < -0.3 is 16.9 Å². The molecule has 0 aromatic carbocycles.